The second-order valence-electron chi connectivity index (χ2n) is 10.5. The Labute approximate surface area is 229 Å². The molecule has 0 bridgehead atoms. The molecule has 0 radical (unpaired) electrons. The van der Waals surface area contributed by atoms with Crippen LogP contribution in [0.2, 0.25) is 0 Å². The maximum atomic E-state index is 12.0. The van der Waals surface area contributed by atoms with E-state index in [-0.39, 0.29) is 10.6 Å². The highest BCUT2D eigenvalue weighted by Gasteiger charge is 2.29. The molecule has 0 atom stereocenters. The summed E-state index contributed by atoms with van der Waals surface area (Å²) >= 11 is 0. The zero-order valence-electron chi connectivity index (χ0n) is 23.5. The van der Waals surface area contributed by atoms with Crippen LogP contribution in [0.1, 0.15) is 96.8 Å². The number of nitrogens with zero attached hydrogens (tertiary/aromatic N) is 5. The van der Waals surface area contributed by atoms with Gasteiger partial charge in [-0.3, -0.25) is 10.1 Å². The Hall–Kier alpha value is -2.90. The number of benzene rings is 1. The lowest BCUT2D eigenvalue weighted by Crippen LogP contribution is -2.47. The summed E-state index contributed by atoms with van der Waals surface area (Å²) in [7, 11) is 0. The van der Waals surface area contributed by atoms with Gasteiger partial charge in [0.15, 0.2) is 0 Å². The third-order valence-electron chi connectivity index (χ3n) is 7.51. The van der Waals surface area contributed by atoms with E-state index >= 15 is 0 Å². The summed E-state index contributed by atoms with van der Waals surface area (Å²) in [5.74, 6) is 0.751. The molecule has 0 saturated carbocycles. The fraction of sp³-hybridized carbons (Fsp3) is 0.667. The fourth-order valence-electron chi connectivity index (χ4n) is 5.24. The van der Waals surface area contributed by atoms with Crippen molar-refractivity contribution < 1.29 is 4.92 Å². The van der Waals surface area contributed by atoms with E-state index in [0.717, 1.165) is 25.9 Å². The molecule has 0 aliphatic carbocycles. The Morgan fingerprint density at radius 1 is 0.763 bits per heavy atom. The number of hydrogen-bond acceptors (Lipinski definition) is 7. The van der Waals surface area contributed by atoms with Gasteiger partial charge in [0.05, 0.1) is 4.92 Å². The number of hydrogen-bond donors (Lipinski definition) is 1. The molecule has 1 fully saturated rings. The van der Waals surface area contributed by atoms with Gasteiger partial charge in [-0.1, -0.05) is 109 Å². The molecular weight excluding hydrogens is 476 g/mol. The zero-order chi connectivity index (χ0) is 26.8. The quantitative estimate of drug-likeness (QED) is 0.115. The topological polar surface area (TPSA) is 87.4 Å². The number of anilines is 3. The smallest absolute Gasteiger partial charge is 0.353 e. The molecule has 1 N–H and O–H groups in total. The van der Waals surface area contributed by atoms with Crippen molar-refractivity contribution in [2.24, 2.45) is 0 Å². The Morgan fingerprint density at radius 3 is 1.84 bits per heavy atom. The van der Waals surface area contributed by atoms with E-state index in [1.54, 1.807) is 0 Å². The summed E-state index contributed by atoms with van der Waals surface area (Å²) in [5, 5.41) is 15.2. The highest BCUT2D eigenvalue weighted by molar-refractivity contribution is 5.70. The van der Waals surface area contributed by atoms with E-state index < -0.39 is 0 Å². The Morgan fingerprint density at radius 2 is 1.29 bits per heavy atom. The van der Waals surface area contributed by atoms with E-state index in [2.05, 4.69) is 39.2 Å². The molecule has 1 aliphatic rings. The predicted molar refractivity (Wildman–Crippen MR) is 158 cm³/mol. The first kappa shape index (κ1) is 29.7. The minimum absolute atomic E-state index is 0.00831. The maximum absolute atomic E-state index is 12.0. The van der Waals surface area contributed by atoms with Crippen LogP contribution < -0.4 is 15.1 Å². The van der Waals surface area contributed by atoms with Crippen LogP contribution in [-0.4, -0.2) is 47.6 Å². The van der Waals surface area contributed by atoms with Gasteiger partial charge in [0.25, 0.3) is 0 Å². The minimum atomic E-state index is -0.341. The van der Waals surface area contributed by atoms with E-state index in [0.29, 0.717) is 31.3 Å². The molecule has 1 aromatic carbocycles. The van der Waals surface area contributed by atoms with Crippen molar-refractivity contribution >= 4 is 23.0 Å². The lowest BCUT2D eigenvalue weighted by Gasteiger charge is -2.36. The molecule has 0 amide bonds. The van der Waals surface area contributed by atoms with Gasteiger partial charge in [0.2, 0.25) is 11.6 Å². The fourth-order valence-corrected chi connectivity index (χ4v) is 5.24. The molecule has 2 heterocycles. The molecule has 1 aromatic heterocycles. The molecule has 8 heteroatoms. The Bertz CT molecular complexity index is 918. The van der Waals surface area contributed by atoms with Gasteiger partial charge in [-0.25, -0.2) is 9.97 Å². The summed E-state index contributed by atoms with van der Waals surface area (Å²) in [4.78, 5) is 24.5. The van der Waals surface area contributed by atoms with E-state index in [1.165, 1.54) is 89.1 Å². The Kier molecular flexibility index (Phi) is 13.7. The first-order valence-electron chi connectivity index (χ1n) is 15.0. The molecular formula is C30H48N6O2. The van der Waals surface area contributed by atoms with Crippen LogP contribution in [0.4, 0.5) is 23.0 Å². The van der Waals surface area contributed by atoms with E-state index in [9.17, 15) is 10.1 Å². The second kappa shape index (κ2) is 17.6. The van der Waals surface area contributed by atoms with Gasteiger partial charge >= 0.3 is 5.69 Å². The van der Waals surface area contributed by atoms with Gasteiger partial charge in [-0.2, -0.15) is 0 Å². The van der Waals surface area contributed by atoms with Crippen molar-refractivity contribution in [1.29, 1.82) is 0 Å². The average Bonchev–Trinajstić information content (AvgIpc) is 2.95. The highest BCUT2D eigenvalue weighted by atomic mass is 16.6. The molecule has 3 rings (SSSR count). The molecule has 210 valence electrons. The van der Waals surface area contributed by atoms with Crippen molar-refractivity contribution in [2.75, 3.05) is 47.8 Å². The first-order valence-corrected chi connectivity index (χ1v) is 15.0. The zero-order valence-corrected chi connectivity index (χ0v) is 23.5. The van der Waals surface area contributed by atoms with Gasteiger partial charge in [-0.05, 0) is 18.6 Å². The summed E-state index contributed by atoms with van der Waals surface area (Å²) in [6, 6.07) is 10.3. The summed E-state index contributed by atoms with van der Waals surface area (Å²) in [5.41, 5.74) is 1.17. The Balaban J connectivity index is 1.32. The number of aromatic nitrogens is 2. The SMILES string of the molecule is CCCCCCCCCCCCCCCCNc1ncnc(N2CCN(c3ccccc3)CC2)c1[N+](=O)[O-]. The van der Waals surface area contributed by atoms with Crippen molar-refractivity contribution in [1.82, 2.24) is 9.97 Å². The van der Waals surface area contributed by atoms with Crippen molar-refractivity contribution in [3.63, 3.8) is 0 Å². The van der Waals surface area contributed by atoms with Crippen molar-refractivity contribution in [3.05, 3.63) is 46.8 Å². The number of nitro groups is 1. The van der Waals surface area contributed by atoms with Crippen LogP contribution >= 0.6 is 0 Å². The van der Waals surface area contributed by atoms with Crippen molar-refractivity contribution in [3.8, 4) is 0 Å². The summed E-state index contributed by atoms with van der Waals surface area (Å²) in [6.45, 7) is 5.93. The third-order valence-corrected chi connectivity index (χ3v) is 7.51. The molecule has 1 saturated heterocycles. The molecule has 1 aliphatic heterocycles. The van der Waals surface area contributed by atoms with Gasteiger partial charge < -0.3 is 15.1 Å². The van der Waals surface area contributed by atoms with Crippen LogP contribution in [0.15, 0.2) is 36.7 Å². The van der Waals surface area contributed by atoms with Crippen LogP contribution in [0.5, 0.6) is 0 Å². The third kappa shape index (κ3) is 10.1. The predicted octanol–water partition coefficient (Wildman–Crippen LogP) is 7.60. The number of rotatable bonds is 19. The van der Waals surface area contributed by atoms with Gasteiger partial charge in [0.1, 0.15) is 6.33 Å². The van der Waals surface area contributed by atoms with E-state index in [1.807, 2.05) is 23.1 Å². The monoisotopic (exact) mass is 524 g/mol. The normalized spacial score (nSPS) is 13.6. The molecule has 38 heavy (non-hydrogen) atoms. The molecule has 0 spiro atoms. The highest BCUT2D eigenvalue weighted by Crippen LogP contribution is 2.32. The van der Waals surface area contributed by atoms with Crippen LogP contribution in [-0.2, 0) is 0 Å². The van der Waals surface area contributed by atoms with Crippen molar-refractivity contribution in [2.45, 2.75) is 96.8 Å². The molecule has 0 unspecified atom stereocenters. The van der Waals surface area contributed by atoms with Gasteiger partial charge in [-0.15, -0.1) is 0 Å². The standard InChI is InChI=1S/C30H48N6O2/c1-2-3-4-5-6-7-8-9-10-11-12-13-14-18-21-31-29-28(36(37)38)30(33-26-32-29)35-24-22-34(23-25-35)27-19-16-15-17-20-27/h15-17,19-20,26H,2-14,18,21-25H2,1H3,(H,31,32,33). The van der Waals surface area contributed by atoms with Crippen LogP contribution in [0.25, 0.3) is 0 Å². The molecule has 8 nitrogen and oxygen atoms in total. The number of para-hydroxylation sites is 1. The maximum Gasteiger partial charge on any atom is 0.353 e. The lowest BCUT2D eigenvalue weighted by molar-refractivity contribution is -0.383. The number of piperazine rings is 1. The number of unbranched alkanes of at least 4 members (excludes halogenated alkanes) is 13. The van der Waals surface area contributed by atoms with Gasteiger partial charge in [0, 0.05) is 38.4 Å². The van der Waals surface area contributed by atoms with Crippen LogP contribution in [0.3, 0.4) is 0 Å². The largest absolute Gasteiger partial charge is 0.368 e. The molecule has 2 aromatic rings. The lowest BCUT2D eigenvalue weighted by atomic mass is 10.0. The average molecular weight is 525 g/mol. The number of nitrogens with one attached hydrogen (secondary N) is 1. The second-order valence-corrected chi connectivity index (χ2v) is 10.5. The van der Waals surface area contributed by atoms with Crippen LogP contribution in [0, 0.1) is 10.1 Å². The first-order chi connectivity index (χ1) is 18.7. The minimum Gasteiger partial charge on any atom is -0.368 e. The summed E-state index contributed by atoms with van der Waals surface area (Å²) in [6.07, 6.45) is 19.8. The van der Waals surface area contributed by atoms with E-state index in [4.69, 9.17) is 0 Å². The summed E-state index contributed by atoms with van der Waals surface area (Å²) < 4.78 is 0.